The van der Waals surface area contributed by atoms with E-state index < -0.39 is 5.97 Å². The monoisotopic (exact) mass is 284 g/mol. The van der Waals surface area contributed by atoms with E-state index in [1.165, 1.54) is 0 Å². The molecule has 2 aliphatic heterocycles. The van der Waals surface area contributed by atoms with Crippen LogP contribution >= 0.6 is 0 Å². The van der Waals surface area contributed by atoms with Gasteiger partial charge < -0.3 is 15.3 Å². The summed E-state index contributed by atoms with van der Waals surface area (Å²) in [6.45, 7) is 7.00. The largest absolute Gasteiger partial charge is 0.480 e. The molecular weight excluding hydrogens is 260 g/mol. The molecule has 0 aliphatic carbocycles. The molecule has 2 N–H and O–H groups in total. The van der Waals surface area contributed by atoms with Gasteiger partial charge in [0.15, 0.2) is 0 Å². The summed E-state index contributed by atoms with van der Waals surface area (Å²) in [5.74, 6) is -0.635. The van der Waals surface area contributed by atoms with E-state index in [0.29, 0.717) is 32.7 Å². The summed E-state index contributed by atoms with van der Waals surface area (Å²) in [4.78, 5) is 28.8. The molecule has 0 unspecified atom stereocenters. The molecule has 1 amide bonds. The van der Waals surface area contributed by atoms with E-state index >= 15 is 0 Å². The number of carboxylic acid groups (broad SMARTS) is 1. The Morgan fingerprint density at radius 2 is 1.60 bits per heavy atom. The van der Waals surface area contributed by atoms with Gasteiger partial charge in [0.1, 0.15) is 0 Å². The number of rotatable bonds is 4. The number of carbonyl (C=O) groups excluding carboxylic acids is 1. The van der Waals surface area contributed by atoms with Gasteiger partial charge in [-0.2, -0.15) is 0 Å². The maximum absolute atomic E-state index is 12.2. The molecule has 2 fully saturated rings. The predicted octanol–water partition coefficient (Wildman–Crippen LogP) is -1.49. The summed E-state index contributed by atoms with van der Waals surface area (Å²) in [5, 5.41) is 12.1. The lowest BCUT2D eigenvalue weighted by molar-refractivity contribution is -0.139. The van der Waals surface area contributed by atoms with Gasteiger partial charge in [0, 0.05) is 39.3 Å². The van der Waals surface area contributed by atoms with E-state index in [0.717, 1.165) is 32.6 Å². The Balaban J connectivity index is 1.72. The SMILES string of the molecule is O=C(O)CN1CCN(C(=O)CN2CCCNCC2)CC1. The number of amides is 1. The van der Waals surface area contributed by atoms with Gasteiger partial charge in [0.05, 0.1) is 13.1 Å². The number of hydrogen-bond donors (Lipinski definition) is 2. The van der Waals surface area contributed by atoms with Crippen molar-refractivity contribution in [1.29, 1.82) is 0 Å². The molecule has 0 aromatic rings. The molecule has 114 valence electrons. The van der Waals surface area contributed by atoms with Crippen molar-refractivity contribution in [3.8, 4) is 0 Å². The van der Waals surface area contributed by atoms with Crippen molar-refractivity contribution >= 4 is 11.9 Å². The molecule has 2 saturated heterocycles. The molecule has 0 aromatic carbocycles. The molecule has 2 heterocycles. The lowest BCUT2D eigenvalue weighted by atomic mass is 10.3. The number of aliphatic carboxylic acids is 1. The fraction of sp³-hybridized carbons (Fsp3) is 0.846. The van der Waals surface area contributed by atoms with Crippen LogP contribution in [0.25, 0.3) is 0 Å². The maximum Gasteiger partial charge on any atom is 0.317 e. The second-order valence-electron chi connectivity index (χ2n) is 5.43. The lowest BCUT2D eigenvalue weighted by Gasteiger charge is -2.35. The fourth-order valence-corrected chi connectivity index (χ4v) is 2.70. The molecule has 0 saturated carbocycles. The van der Waals surface area contributed by atoms with Gasteiger partial charge in [-0.3, -0.25) is 19.4 Å². The Morgan fingerprint density at radius 1 is 0.900 bits per heavy atom. The number of carbonyl (C=O) groups is 2. The topological polar surface area (TPSA) is 76.1 Å². The Bertz CT molecular complexity index is 335. The first-order valence-electron chi connectivity index (χ1n) is 7.30. The molecule has 0 bridgehead atoms. The molecule has 0 atom stereocenters. The summed E-state index contributed by atoms with van der Waals surface area (Å²) >= 11 is 0. The molecule has 2 rings (SSSR count). The van der Waals surface area contributed by atoms with E-state index in [1.54, 1.807) is 0 Å². The zero-order chi connectivity index (χ0) is 14.4. The van der Waals surface area contributed by atoms with Gasteiger partial charge in [-0.25, -0.2) is 0 Å². The fourth-order valence-electron chi connectivity index (χ4n) is 2.70. The highest BCUT2D eigenvalue weighted by atomic mass is 16.4. The third kappa shape index (κ3) is 4.73. The highest BCUT2D eigenvalue weighted by molar-refractivity contribution is 5.78. The van der Waals surface area contributed by atoms with Gasteiger partial charge in [-0.1, -0.05) is 0 Å². The quantitative estimate of drug-likeness (QED) is 0.655. The Labute approximate surface area is 119 Å². The van der Waals surface area contributed by atoms with Crippen LogP contribution in [0.1, 0.15) is 6.42 Å². The van der Waals surface area contributed by atoms with E-state index in [-0.39, 0.29) is 12.5 Å². The summed E-state index contributed by atoms with van der Waals surface area (Å²) in [7, 11) is 0. The van der Waals surface area contributed by atoms with Crippen LogP contribution in [-0.4, -0.2) is 97.1 Å². The normalized spacial score (nSPS) is 22.5. The van der Waals surface area contributed by atoms with Crippen LogP contribution < -0.4 is 5.32 Å². The zero-order valence-electron chi connectivity index (χ0n) is 11.9. The molecule has 2 aliphatic rings. The molecule has 7 nitrogen and oxygen atoms in total. The van der Waals surface area contributed by atoms with E-state index in [4.69, 9.17) is 5.11 Å². The van der Waals surface area contributed by atoms with Crippen molar-refractivity contribution in [3.63, 3.8) is 0 Å². The van der Waals surface area contributed by atoms with Crippen molar-refractivity contribution in [2.75, 3.05) is 65.4 Å². The van der Waals surface area contributed by atoms with Gasteiger partial charge in [-0.05, 0) is 19.5 Å². The minimum absolute atomic E-state index is 0.0693. The third-order valence-corrected chi connectivity index (χ3v) is 3.88. The number of nitrogens with one attached hydrogen (secondary N) is 1. The van der Waals surface area contributed by atoms with Crippen molar-refractivity contribution in [2.24, 2.45) is 0 Å². The van der Waals surface area contributed by atoms with Crippen LogP contribution in [0.5, 0.6) is 0 Å². The average Bonchev–Trinajstić information content (AvgIpc) is 2.67. The minimum atomic E-state index is -0.804. The third-order valence-electron chi connectivity index (χ3n) is 3.88. The van der Waals surface area contributed by atoms with Crippen LogP contribution in [-0.2, 0) is 9.59 Å². The average molecular weight is 284 g/mol. The first kappa shape index (κ1) is 15.2. The van der Waals surface area contributed by atoms with Crippen LogP contribution in [0.2, 0.25) is 0 Å². The summed E-state index contributed by atoms with van der Waals surface area (Å²) in [5.41, 5.74) is 0. The van der Waals surface area contributed by atoms with Crippen molar-refractivity contribution in [1.82, 2.24) is 20.0 Å². The van der Waals surface area contributed by atoms with Crippen LogP contribution in [0.15, 0.2) is 0 Å². The van der Waals surface area contributed by atoms with Gasteiger partial charge in [-0.15, -0.1) is 0 Å². The lowest BCUT2D eigenvalue weighted by Crippen LogP contribution is -2.52. The van der Waals surface area contributed by atoms with E-state index in [1.807, 2.05) is 9.80 Å². The van der Waals surface area contributed by atoms with Crippen LogP contribution in [0, 0.1) is 0 Å². The van der Waals surface area contributed by atoms with Gasteiger partial charge in [0.25, 0.3) is 0 Å². The summed E-state index contributed by atoms with van der Waals surface area (Å²) in [6, 6.07) is 0. The molecule has 20 heavy (non-hydrogen) atoms. The van der Waals surface area contributed by atoms with E-state index in [9.17, 15) is 9.59 Å². The number of carboxylic acids is 1. The first-order valence-corrected chi connectivity index (χ1v) is 7.30. The Kier molecular flexibility index (Phi) is 5.75. The van der Waals surface area contributed by atoms with Crippen LogP contribution in [0.3, 0.4) is 0 Å². The standard InChI is InChI=1S/C13H24N4O3/c18-12(10-15-4-1-2-14-3-5-15)17-8-6-16(7-9-17)11-13(19)20/h14H,1-11H2,(H,19,20). The second-order valence-corrected chi connectivity index (χ2v) is 5.43. The molecule has 0 aromatic heterocycles. The first-order chi connectivity index (χ1) is 9.65. The second kappa shape index (κ2) is 7.56. The van der Waals surface area contributed by atoms with Crippen LogP contribution in [0.4, 0.5) is 0 Å². The maximum atomic E-state index is 12.2. The Hall–Kier alpha value is -1.18. The summed E-state index contributed by atoms with van der Waals surface area (Å²) in [6.07, 6.45) is 1.08. The van der Waals surface area contributed by atoms with Crippen molar-refractivity contribution in [2.45, 2.75) is 6.42 Å². The van der Waals surface area contributed by atoms with Crippen molar-refractivity contribution in [3.05, 3.63) is 0 Å². The smallest absolute Gasteiger partial charge is 0.317 e. The minimum Gasteiger partial charge on any atom is -0.480 e. The number of piperazine rings is 1. The summed E-state index contributed by atoms with van der Waals surface area (Å²) < 4.78 is 0. The van der Waals surface area contributed by atoms with E-state index in [2.05, 4.69) is 10.2 Å². The molecule has 7 heteroatoms. The number of nitrogens with zero attached hydrogens (tertiary/aromatic N) is 3. The predicted molar refractivity (Wildman–Crippen MR) is 74.6 cm³/mol. The highest BCUT2D eigenvalue weighted by Gasteiger charge is 2.23. The molecular formula is C13H24N4O3. The Morgan fingerprint density at radius 3 is 2.30 bits per heavy atom. The molecule has 0 spiro atoms. The number of hydrogen-bond acceptors (Lipinski definition) is 5. The van der Waals surface area contributed by atoms with Gasteiger partial charge >= 0.3 is 5.97 Å². The van der Waals surface area contributed by atoms with Crippen molar-refractivity contribution < 1.29 is 14.7 Å². The zero-order valence-corrected chi connectivity index (χ0v) is 11.9. The van der Waals surface area contributed by atoms with Gasteiger partial charge in [0.2, 0.25) is 5.91 Å². The highest BCUT2D eigenvalue weighted by Crippen LogP contribution is 2.04. The molecule has 0 radical (unpaired) electrons.